The van der Waals surface area contributed by atoms with Crippen LogP contribution in [0.4, 0.5) is 0 Å². The third-order valence-electron chi connectivity index (χ3n) is 1.83. The fourth-order valence-corrected chi connectivity index (χ4v) is 1.05. The highest BCUT2D eigenvalue weighted by atomic mass is 16.4. The number of hydrogen-bond acceptors (Lipinski definition) is 5. The number of aromatic hydroxyl groups is 1. The molecule has 5 N–H and O–H groups in total. The van der Waals surface area contributed by atoms with Gasteiger partial charge in [-0.1, -0.05) is 5.16 Å². The molecule has 6 heteroatoms. The van der Waals surface area contributed by atoms with Crippen LogP contribution in [0.25, 0.3) is 0 Å². The summed E-state index contributed by atoms with van der Waals surface area (Å²) in [6.45, 7) is 0. The molecule has 1 aromatic carbocycles. The molecule has 0 radical (unpaired) electrons. The minimum Gasteiger partial charge on any atom is -0.508 e. The summed E-state index contributed by atoms with van der Waals surface area (Å²) in [7, 11) is 0. The van der Waals surface area contributed by atoms with Gasteiger partial charge in [-0.15, -0.1) is 0 Å². The molecule has 0 amide bonds. The van der Waals surface area contributed by atoms with Crippen LogP contribution < -0.4 is 5.73 Å². The fourth-order valence-electron chi connectivity index (χ4n) is 1.05. The second kappa shape index (κ2) is 4.43. The monoisotopic (exact) mass is 210 g/mol. The molecule has 0 spiro atoms. The lowest BCUT2D eigenvalue weighted by Crippen LogP contribution is -2.39. The minimum absolute atomic E-state index is 0.0277. The molecule has 1 atom stereocenters. The van der Waals surface area contributed by atoms with E-state index in [0.717, 1.165) is 0 Å². The molecule has 0 aromatic heterocycles. The van der Waals surface area contributed by atoms with Crippen molar-refractivity contribution in [2.45, 2.75) is 6.04 Å². The van der Waals surface area contributed by atoms with Gasteiger partial charge in [0.2, 0.25) is 0 Å². The molecule has 0 fully saturated rings. The normalized spacial score (nSPS) is 13.5. The molecular weight excluding hydrogens is 200 g/mol. The quantitative estimate of drug-likeness (QED) is 0.318. The van der Waals surface area contributed by atoms with Crippen LogP contribution in [0, 0.1) is 0 Å². The van der Waals surface area contributed by atoms with Crippen LogP contribution in [0.5, 0.6) is 5.75 Å². The maximum Gasteiger partial charge on any atom is 0.326 e. The van der Waals surface area contributed by atoms with Crippen molar-refractivity contribution in [3.63, 3.8) is 0 Å². The Labute approximate surface area is 85.3 Å². The largest absolute Gasteiger partial charge is 0.508 e. The van der Waals surface area contributed by atoms with Gasteiger partial charge in [0.05, 0.1) is 0 Å². The van der Waals surface area contributed by atoms with Gasteiger partial charge in [0.25, 0.3) is 0 Å². The Morgan fingerprint density at radius 3 is 2.27 bits per heavy atom. The number of carbonyl (C=O) groups is 1. The van der Waals surface area contributed by atoms with Crippen molar-refractivity contribution in [3.05, 3.63) is 29.8 Å². The molecule has 6 nitrogen and oxygen atoms in total. The Kier molecular flexibility index (Phi) is 3.25. The summed E-state index contributed by atoms with van der Waals surface area (Å²) in [5.74, 6) is -1.27. The number of nitrogens with zero attached hydrogens (tertiary/aromatic N) is 1. The average molecular weight is 210 g/mol. The van der Waals surface area contributed by atoms with Crippen LogP contribution in [0.2, 0.25) is 0 Å². The second-order valence-corrected chi connectivity index (χ2v) is 2.85. The van der Waals surface area contributed by atoms with Gasteiger partial charge >= 0.3 is 5.97 Å². The molecule has 0 aliphatic carbocycles. The van der Waals surface area contributed by atoms with Gasteiger partial charge < -0.3 is 21.2 Å². The van der Waals surface area contributed by atoms with Crippen LogP contribution in [0.15, 0.2) is 29.4 Å². The first-order valence-corrected chi connectivity index (χ1v) is 4.06. The first kappa shape index (κ1) is 11.0. The van der Waals surface area contributed by atoms with Crippen LogP contribution >= 0.6 is 0 Å². The third-order valence-corrected chi connectivity index (χ3v) is 1.83. The van der Waals surface area contributed by atoms with E-state index in [0.29, 0.717) is 5.56 Å². The van der Waals surface area contributed by atoms with Crippen LogP contribution in [-0.4, -0.2) is 33.1 Å². The highest BCUT2D eigenvalue weighted by Gasteiger charge is 2.21. The number of nitrogens with two attached hydrogens (primary N) is 1. The predicted octanol–water partition coefficient (Wildman–Crippen LogP) is -0.0176. The summed E-state index contributed by atoms with van der Waals surface area (Å²) < 4.78 is 0. The number of oxime groups is 1. The lowest BCUT2D eigenvalue weighted by molar-refractivity contribution is -0.136. The number of phenols is 1. The molecule has 0 bridgehead atoms. The standard InChI is InChI=1S/C9H10N2O4/c10-7(9(13)14)8(11-15)5-1-3-6(12)4-2-5/h1-4,7,12,15H,10H2,(H,13,14)/b11-8+. The molecule has 0 aliphatic rings. The Balaban J connectivity index is 3.04. The van der Waals surface area contributed by atoms with E-state index in [1.165, 1.54) is 24.3 Å². The summed E-state index contributed by atoms with van der Waals surface area (Å²) in [5.41, 5.74) is 5.46. The molecule has 0 aliphatic heterocycles. The minimum atomic E-state index is -1.40. The van der Waals surface area contributed by atoms with Crippen molar-refractivity contribution in [3.8, 4) is 5.75 Å². The zero-order valence-electron chi connectivity index (χ0n) is 7.66. The van der Waals surface area contributed by atoms with Crippen molar-refractivity contribution < 1.29 is 20.2 Å². The van der Waals surface area contributed by atoms with Gasteiger partial charge in [-0.2, -0.15) is 0 Å². The van der Waals surface area contributed by atoms with E-state index in [1.807, 2.05) is 0 Å². The highest BCUT2D eigenvalue weighted by molar-refractivity contribution is 6.14. The second-order valence-electron chi connectivity index (χ2n) is 2.85. The van der Waals surface area contributed by atoms with Crippen LogP contribution in [0.3, 0.4) is 0 Å². The molecule has 15 heavy (non-hydrogen) atoms. The van der Waals surface area contributed by atoms with Crippen LogP contribution in [0.1, 0.15) is 5.56 Å². The number of aliphatic carboxylic acids is 1. The van der Waals surface area contributed by atoms with Crippen LogP contribution in [-0.2, 0) is 4.79 Å². The SMILES string of the molecule is NC(C(=O)O)/C(=N/O)c1ccc(O)cc1. The smallest absolute Gasteiger partial charge is 0.326 e. The molecule has 1 aromatic rings. The summed E-state index contributed by atoms with van der Waals surface area (Å²) >= 11 is 0. The summed E-state index contributed by atoms with van der Waals surface area (Å²) in [4.78, 5) is 10.6. The molecule has 1 rings (SSSR count). The maximum absolute atomic E-state index is 10.6. The highest BCUT2D eigenvalue weighted by Crippen LogP contribution is 2.11. The first-order valence-electron chi connectivity index (χ1n) is 4.06. The number of hydrogen-bond donors (Lipinski definition) is 4. The van der Waals surface area contributed by atoms with E-state index in [2.05, 4.69) is 5.16 Å². The van der Waals surface area contributed by atoms with E-state index in [4.69, 9.17) is 21.2 Å². The van der Waals surface area contributed by atoms with E-state index in [1.54, 1.807) is 0 Å². The van der Waals surface area contributed by atoms with Crippen molar-refractivity contribution in [2.24, 2.45) is 10.9 Å². The van der Waals surface area contributed by atoms with Gasteiger partial charge in [-0.05, 0) is 24.3 Å². The Bertz CT molecular complexity index is 386. The van der Waals surface area contributed by atoms with Gasteiger partial charge in [0, 0.05) is 5.56 Å². The van der Waals surface area contributed by atoms with Gasteiger partial charge in [0.1, 0.15) is 17.5 Å². The van der Waals surface area contributed by atoms with E-state index in [-0.39, 0.29) is 11.5 Å². The topological polar surface area (TPSA) is 116 Å². The van der Waals surface area contributed by atoms with Crippen molar-refractivity contribution in [1.82, 2.24) is 0 Å². The zero-order chi connectivity index (χ0) is 11.4. The Hall–Kier alpha value is -2.08. The molecule has 1 unspecified atom stereocenters. The number of rotatable bonds is 3. The van der Waals surface area contributed by atoms with E-state index >= 15 is 0 Å². The molecule has 80 valence electrons. The van der Waals surface area contributed by atoms with Gasteiger partial charge in [0.15, 0.2) is 0 Å². The summed E-state index contributed by atoms with van der Waals surface area (Å²) in [6, 6.07) is 4.10. The first-order chi connectivity index (χ1) is 7.06. The number of carboxylic acids is 1. The zero-order valence-corrected chi connectivity index (χ0v) is 7.66. The van der Waals surface area contributed by atoms with Gasteiger partial charge in [-0.3, -0.25) is 4.79 Å². The van der Waals surface area contributed by atoms with Crippen molar-refractivity contribution in [2.75, 3.05) is 0 Å². The lowest BCUT2D eigenvalue weighted by Gasteiger charge is -2.08. The molecular formula is C9H10N2O4. The number of carboxylic acid groups (broad SMARTS) is 1. The molecule has 0 heterocycles. The number of phenolic OH excluding ortho intramolecular Hbond substituents is 1. The van der Waals surface area contributed by atoms with Crippen molar-refractivity contribution in [1.29, 1.82) is 0 Å². The molecule has 0 saturated carbocycles. The fraction of sp³-hybridized carbons (Fsp3) is 0.111. The van der Waals surface area contributed by atoms with E-state index in [9.17, 15) is 4.79 Å². The van der Waals surface area contributed by atoms with Crippen molar-refractivity contribution >= 4 is 11.7 Å². The summed E-state index contributed by atoms with van der Waals surface area (Å²) in [5, 5.41) is 29.1. The Morgan fingerprint density at radius 2 is 1.87 bits per heavy atom. The maximum atomic E-state index is 10.6. The number of benzene rings is 1. The predicted molar refractivity (Wildman–Crippen MR) is 52.0 cm³/mol. The van der Waals surface area contributed by atoms with Gasteiger partial charge in [-0.25, -0.2) is 0 Å². The average Bonchev–Trinajstić information content (AvgIpc) is 2.21. The lowest BCUT2D eigenvalue weighted by atomic mass is 10.0. The third kappa shape index (κ3) is 2.44. The Morgan fingerprint density at radius 1 is 1.33 bits per heavy atom. The van der Waals surface area contributed by atoms with E-state index < -0.39 is 12.0 Å². The molecule has 0 saturated heterocycles. The summed E-state index contributed by atoms with van der Waals surface area (Å²) in [6.07, 6.45) is 0.